The summed E-state index contributed by atoms with van der Waals surface area (Å²) >= 11 is 0. The minimum absolute atomic E-state index is 0.0769. The number of nitrogens with zero attached hydrogens (tertiary/aromatic N) is 4. The van der Waals surface area contributed by atoms with Gasteiger partial charge in [-0.25, -0.2) is 15.0 Å². The number of aliphatic hydroxyl groups excluding tert-OH is 1. The Morgan fingerprint density at radius 2 is 2.12 bits per heavy atom. The predicted molar refractivity (Wildman–Crippen MR) is 96.4 cm³/mol. The number of aromatic nitrogens is 4. The number of hydrogen-bond acceptors (Lipinski definition) is 7. The van der Waals surface area contributed by atoms with Crippen LogP contribution < -0.4 is 5.73 Å². The number of anilines is 1. The van der Waals surface area contributed by atoms with E-state index >= 15 is 0 Å². The third kappa shape index (κ3) is 3.97. The van der Waals surface area contributed by atoms with Crippen molar-refractivity contribution in [1.29, 1.82) is 0 Å². The van der Waals surface area contributed by atoms with E-state index in [1.807, 2.05) is 28.8 Å². The SMILES string of the molecule is COC(=O)Cc1cccc(Cn2cnc3c(N)nc(CCCO)nc32)c1. The lowest BCUT2D eigenvalue weighted by Gasteiger charge is -2.08. The monoisotopic (exact) mass is 355 g/mol. The average Bonchev–Trinajstić information content (AvgIpc) is 3.03. The molecule has 0 saturated carbocycles. The third-order valence-corrected chi connectivity index (χ3v) is 4.02. The van der Waals surface area contributed by atoms with Crippen LogP contribution in [0.4, 0.5) is 5.82 Å². The van der Waals surface area contributed by atoms with E-state index in [-0.39, 0.29) is 19.0 Å². The van der Waals surface area contributed by atoms with Gasteiger partial charge < -0.3 is 20.1 Å². The largest absolute Gasteiger partial charge is 0.469 e. The molecular formula is C18H21N5O3. The van der Waals surface area contributed by atoms with Gasteiger partial charge in [-0.1, -0.05) is 24.3 Å². The number of ether oxygens (including phenoxy) is 1. The fourth-order valence-corrected chi connectivity index (χ4v) is 2.75. The van der Waals surface area contributed by atoms with E-state index in [1.54, 1.807) is 6.33 Å². The molecule has 0 radical (unpaired) electrons. The molecule has 26 heavy (non-hydrogen) atoms. The minimum atomic E-state index is -0.274. The van der Waals surface area contributed by atoms with Crippen molar-refractivity contribution in [3.63, 3.8) is 0 Å². The van der Waals surface area contributed by atoms with E-state index < -0.39 is 0 Å². The summed E-state index contributed by atoms with van der Waals surface area (Å²) in [5.74, 6) is 0.649. The van der Waals surface area contributed by atoms with Crippen LogP contribution in [0.1, 0.15) is 23.4 Å². The molecule has 3 rings (SSSR count). The smallest absolute Gasteiger partial charge is 0.309 e. The minimum Gasteiger partial charge on any atom is -0.469 e. The highest BCUT2D eigenvalue weighted by atomic mass is 16.5. The molecule has 8 heteroatoms. The summed E-state index contributed by atoms with van der Waals surface area (Å²) < 4.78 is 6.61. The van der Waals surface area contributed by atoms with Gasteiger partial charge in [-0.05, 0) is 17.5 Å². The molecule has 0 unspecified atom stereocenters. The number of fused-ring (bicyclic) bond motifs is 1. The number of esters is 1. The molecule has 0 saturated heterocycles. The molecule has 2 heterocycles. The Hall–Kier alpha value is -3.00. The number of rotatable bonds is 7. The summed E-state index contributed by atoms with van der Waals surface area (Å²) in [6.07, 6.45) is 3.04. The van der Waals surface area contributed by atoms with Gasteiger partial charge in [0.25, 0.3) is 0 Å². The van der Waals surface area contributed by atoms with E-state index in [4.69, 9.17) is 15.6 Å². The molecule has 2 aromatic heterocycles. The predicted octanol–water partition coefficient (Wildman–Crippen LogP) is 1.10. The second-order valence-electron chi connectivity index (χ2n) is 5.97. The van der Waals surface area contributed by atoms with E-state index in [9.17, 15) is 4.79 Å². The molecule has 3 N–H and O–H groups in total. The average molecular weight is 355 g/mol. The maximum absolute atomic E-state index is 11.5. The maximum Gasteiger partial charge on any atom is 0.309 e. The van der Waals surface area contributed by atoms with Gasteiger partial charge >= 0.3 is 5.97 Å². The van der Waals surface area contributed by atoms with Crippen LogP contribution in [-0.4, -0.2) is 44.3 Å². The molecule has 136 valence electrons. The van der Waals surface area contributed by atoms with Crippen molar-refractivity contribution in [2.75, 3.05) is 19.5 Å². The van der Waals surface area contributed by atoms with Gasteiger partial charge in [0.05, 0.1) is 26.4 Å². The molecule has 1 aromatic carbocycles. The Morgan fingerprint density at radius 1 is 1.31 bits per heavy atom. The molecule has 0 bridgehead atoms. The summed E-state index contributed by atoms with van der Waals surface area (Å²) in [6, 6.07) is 7.73. The van der Waals surface area contributed by atoms with Gasteiger partial charge in [0.2, 0.25) is 0 Å². The number of aliphatic hydroxyl groups is 1. The fraction of sp³-hybridized carbons (Fsp3) is 0.333. The summed E-state index contributed by atoms with van der Waals surface area (Å²) in [5.41, 5.74) is 9.10. The van der Waals surface area contributed by atoms with Crippen LogP contribution in [0.25, 0.3) is 11.2 Å². The van der Waals surface area contributed by atoms with Gasteiger partial charge in [-0.15, -0.1) is 0 Å². The number of carbonyl (C=O) groups is 1. The standard InChI is InChI=1S/C18H21N5O3/c1-26-15(25)9-12-4-2-5-13(8-12)10-23-11-20-16-17(19)21-14(6-3-7-24)22-18(16)23/h2,4-5,8,11,24H,3,6-7,9-10H2,1H3,(H2,19,21,22). The first kappa shape index (κ1) is 17.8. The molecule has 0 spiro atoms. The van der Waals surface area contributed by atoms with Crippen molar-refractivity contribution in [3.05, 3.63) is 47.5 Å². The first-order valence-electron chi connectivity index (χ1n) is 8.33. The Labute approximate surface area is 150 Å². The van der Waals surface area contributed by atoms with Gasteiger partial charge in [-0.2, -0.15) is 0 Å². The van der Waals surface area contributed by atoms with Gasteiger partial charge in [0, 0.05) is 13.0 Å². The van der Waals surface area contributed by atoms with Crippen molar-refractivity contribution < 1.29 is 14.6 Å². The summed E-state index contributed by atoms with van der Waals surface area (Å²) in [5, 5.41) is 8.99. The molecule has 0 aliphatic rings. The Bertz CT molecular complexity index is 922. The third-order valence-electron chi connectivity index (χ3n) is 4.02. The first-order chi connectivity index (χ1) is 12.6. The molecule has 0 fully saturated rings. The van der Waals surface area contributed by atoms with Crippen LogP contribution in [0.15, 0.2) is 30.6 Å². The van der Waals surface area contributed by atoms with Crippen LogP contribution >= 0.6 is 0 Å². The van der Waals surface area contributed by atoms with Crippen LogP contribution in [0, 0.1) is 0 Å². The molecule has 3 aromatic rings. The van der Waals surface area contributed by atoms with Crippen molar-refractivity contribution in [2.45, 2.75) is 25.8 Å². The van der Waals surface area contributed by atoms with Crippen LogP contribution in [0.3, 0.4) is 0 Å². The molecular weight excluding hydrogens is 334 g/mol. The number of imidazole rings is 1. The summed E-state index contributed by atoms with van der Waals surface area (Å²) in [7, 11) is 1.38. The van der Waals surface area contributed by atoms with Gasteiger partial charge in [0.15, 0.2) is 11.5 Å². The number of carbonyl (C=O) groups excluding carboxylic acids is 1. The van der Waals surface area contributed by atoms with Gasteiger partial charge in [0.1, 0.15) is 11.3 Å². The second-order valence-corrected chi connectivity index (χ2v) is 5.97. The molecule has 8 nitrogen and oxygen atoms in total. The van der Waals surface area contributed by atoms with E-state index in [0.29, 0.717) is 42.2 Å². The Kier molecular flexibility index (Phi) is 5.43. The number of nitrogen functional groups attached to an aromatic ring is 1. The van der Waals surface area contributed by atoms with Crippen LogP contribution in [-0.2, 0) is 28.9 Å². The van der Waals surface area contributed by atoms with Crippen molar-refractivity contribution in [2.24, 2.45) is 0 Å². The number of nitrogens with two attached hydrogens (primary N) is 1. The molecule has 0 amide bonds. The quantitative estimate of drug-likeness (QED) is 0.610. The topological polar surface area (TPSA) is 116 Å². The zero-order chi connectivity index (χ0) is 18.5. The van der Waals surface area contributed by atoms with Crippen molar-refractivity contribution >= 4 is 23.0 Å². The zero-order valence-corrected chi connectivity index (χ0v) is 14.6. The van der Waals surface area contributed by atoms with Crippen molar-refractivity contribution in [3.8, 4) is 0 Å². The number of benzene rings is 1. The normalized spacial score (nSPS) is 11.0. The summed E-state index contributed by atoms with van der Waals surface area (Å²) in [6.45, 7) is 0.620. The highest BCUT2D eigenvalue weighted by molar-refractivity contribution is 5.81. The Morgan fingerprint density at radius 3 is 2.88 bits per heavy atom. The lowest BCUT2D eigenvalue weighted by atomic mass is 10.1. The van der Waals surface area contributed by atoms with Crippen LogP contribution in [0.2, 0.25) is 0 Å². The number of aryl methyl sites for hydroxylation is 1. The van der Waals surface area contributed by atoms with Crippen LogP contribution in [0.5, 0.6) is 0 Å². The highest BCUT2D eigenvalue weighted by Gasteiger charge is 2.12. The molecule has 0 atom stereocenters. The van der Waals surface area contributed by atoms with E-state index in [1.165, 1.54) is 7.11 Å². The highest BCUT2D eigenvalue weighted by Crippen LogP contribution is 2.18. The maximum atomic E-state index is 11.5. The lowest BCUT2D eigenvalue weighted by Crippen LogP contribution is -2.07. The zero-order valence-electron chi connectivity index (χ0n) is 14.6. The molecule has 0 aliphatic heterocycles. The second kappa shape index (κ2) is 7.92. The first-order valence-corrected chi connectivity index (χ1v) is 8.33. The lowest BCUT2D eigenvalue weighted by molar-refractivity contribution is -0.139. The number of hydrogen-bond donors (Lipinski definition) is 2. The summed E-state index contributed by atoms with van der Waals surface area (Å²) in [4.78, 5) is 24.6. The van der Waals surface area contributed by atoms with Crippen molar-refractivity contribution in [1.82, 2.24) is 19.5 Å². The number of methoxy groups -OCH3 is 1. The van der Waals surface area contributed by atoms with E-state index in [0.717, 1.165) is 11.1 Å². The van der Waals surface area contributed by atoms with Gasteiger partial charge in [-0.3, -0.25) is 4.79 Å². The fourth-order valence-electron chi connectivity index (χ4n) is 2.75. The molecule has 0 aliphatic carbocycles. The van der Waals surface area contributed by atoms with E-state index in [2.05, 4.69) is 15.0 Å². The Balaban J connectivity index is 1.88.